The van der Waals surface area contributed by atoms with E-state index in [0.29, 0.717) is 32.2 Å². The SMILES string of the molecule is CCOC(=O)Cn1c(=NC(=O)c2c(C)cnn2C)sc2c(OC)ccc(OC)c21. The smallest absolute Gasteiger partial charge is 0.326 e. The van der Waals surface area contributed by atoms with Crippen LogP contribution in [0.3, 0.4) is 0 Å². The van der Waals surface area contributed by atoms with Crippen LogP contribution in [0.2, 0.25) is 0 Å². The van der Waals surface area contributed by atoms with Crippen LogP contribution in [0.25, 0.3) is 10.2 Å². The summed E-state index contributed by atoms with van der Waals surface area (Å²) < 4.78 is 19.8. The quantitative estimate of drug-likeness (QED) is 0.569. The standard InChI is InChI=1S/C19H22N4O5S/c1-6-28-14(24)10-23-16-12(26-4)7-8-13(27-5)17(16)29-19(23)21-18(25)15-11(2)9-20-22(15)3/h7-9H,6,10H2,1-5H3. The molecule has 9 nitrogen and oxygen atoms in total. The maximum absolute atomic E-state index is 12.9. The number of aryl methyl sites for hydroxylation is 2. The van der Waals surface area contributed by atoms with Gasteiger partial charge in [-0.3, -0.25) is 14.3 Å². The molecule has 29 heavy (non-hydrogen) atoms. The molecule has 0 N–H and O–H groups in total. The van der Waals surface area contributed by atoms with E-state index < -0.39 is 11.9 Å². The van der Waals surface area contributed by atoms with Gasteiger partial charge in [0.1, 0.15) is 34.0 Å². The van der Waals surface area contributed by atoms with Crippen LogP contribution in [0.1, 0.15) is 23.0 Å². The van der Waals surface area contributed by atoms with E-state index >= 15 is 0 Å². The van der Waals surface area contributed by atoms with Crippen LogP contribution in [0.15, 0.2) is 23.3 Å². The molecular formula is C19H22N4O5S. The second-order valence-corrected chi connectivity index (χ2v) is 7.12. The van der Waals surface area contributed by atoms with Crippen molar-refractivity contribution in [3.8, 4) is 11.5 Å². The van der Waals surface area contributed by atoms with E-state index in [0.717, 1.165) is 5.56 Å². The van der Waals surface area contributed by atoms with Gasteiger partial charge in [-0.15, -0.1) is 0 Å². The predicted molar refractivity (Wildman–Crippen MR) is 107 cm³/mol. The number of fused-ring (bicyclic) bond motifs is 1. The Hall–Kier alpha value is -3.14. The Morgan fingerprint density at radius 1 is 1.21 bits per heavy atom. The maximum atomic E-state index is 12.9. The Kier molecular flexibility index (Phi) is 6.02. The summed E-state index contributed by atoms with van der Waals surface area (Å²) in [6, 6.07) is 3.51. The lowest BCUT2D eigenvalue weighted by atomic mass is 10.2. The number of methoxy groups -OCH3 is 2. The molecule has 0 atom stereocenters. The zero-order valence-electron chi connectivity index (χ0n) is 16.9. The molecular weight excluding hydrogens is 396 g/mol. The van der Waals surface area contributed by atoms with Gasteiger partial charge >= 0.3 is 5.97 Å². The van der Waals surface area contributed by atoms with E-state index in [-0.39, 0.29) is 13.2 Å². The molecule has 154 valence electrons. The van der Waals surface area contributed by atoms with Crippen LogP contribution in [0, 0.1) is 6.92 Å². The topological polar surface area (TPSA) is 96.9 Å². The molecule has 0 radical (unpaired) electrons. The van der Waals surface area contributed by atoms with Crippen molar-refractivity contribution in [3.05, 3.63) is 34.4 Å². The van der Waals surface area contributed by atoms with Gasteiger partial charge in [0.05, 0.1) is 27.0 Å². The number of ether oxygens (including phenoxy) is 3. The van der Waals surface area contributed by atoms with Crippen molar-refractivity contribution in [2.45, 2.75) is 20.4 Å². The number of thiazole rings is 1. The molecule has 10 heteroatoms. The van der Waals surface area contributed by atoms with Crippen LogP contribution in [-0.4, -0.2) is 47.1 Å². The Morgan fingerprint density at radius 3 is 2.48 bits per heavy atom. The van der Waals surface area contributed by atoms with Crippen LogP contribution in [0.4, 0.5) is 0 Å². The van der Waals surface area contributed by atoms with Crippen molar-refractivity contribution >= 4 is 33.4 Å². The zero-order valence-corrected chi connectivity index (χ0v) is 17.7. The molecule has 0 aliphatic carbocycles. The Labute approximate surface area is 171 Å². The summed E-state index contributed by atoms with van der Waals surface area (Å²) in [6.45, 7) is 3.66. The summed E-state index contributed by atoms with van der Waals surface area (Å²) in [5, 5.41) is 4.09. The molecule has 1 amide bonds. The summed E-state index contributed by atoms with van der Waals surface area (Å²) in [5.74, 6) is 0.230. The highest BCUT2D eigenvalue weighted by Crippen LogP contribution is 2.35. The summed E-state index contributed by atoms with van der Waals surface area (Å²) in [5.41, 5.74) is 1.71. The largest absolute Gasteiger partial charge is 0.495 e. The van der Waals surface area contributed by atoms with Crippen molar-refractivity contribution < 1.29 is 23.8 Å². The predicted octanol–water partition coefficient (Wildman–Crippen LogP) is 2.07. The second kappa shape index (κ2) is 8.48. The van der Waals surface area contributed by atoms with E-state index in [1.807, 2.05) is 0 Å². The molecule has 0 saturated carbocycles. The van der Waals surface area contributed by atoms with E-state index in [1.54, 1.807) is 50.9 Å². The van der Waals surface area contributed by atoms with Gasteiger partial charge in [-0.1, -0.05) is 11.3 Å². The van der Waals surface area contributed by atoms with Gasteiger partial charge in [0.15, 0.2) is 4.80 Å². The highest BCUT2D eigenvalue weighted by Gasteiger charge is 2.20. The highest BCUT2D eigenvalue weighted by atomic mass is 32.1. The number of carbonyl (C=O) groups excluding carboxylic acids is 2. The lowest BCUT2D eigenvalue weighted by molar-refractivity contribution is -0.143. The highest BCUT2D eigenvalue weighted by molar-refractivity contribution is 7.16. The number of hydrogen-bond acceptors (Lipinski definition) is 7. The Morgan fingerprint density at radius 2 is 1.90 bits per heavy atom. The fourth-order valence-corrected chi connectivity index (χ4v) is 4.15. The number of nitrogens with zero attached hydrogens (tertiary/aromatic N) is 4. The molecule has 0 unspecified atom stereocenters. The van der Waals surface area contributed by atoms with Crippen molar-refractivity contribution in [2.75, 3.05) is 20.8 Å². The Bertz CT molecular complexity index is 1120. The van der Waals surface area contributed by atoms with E-state index in [1.165, 1.54) is 23.1 Å². The summed E-state index contributed by atoms with van der Waals surface area (Å²) >= 11 is 1.24. The summed E-state index contributed by atoms with van der Waals surface area (Å²) in [6.07, 6.45) is 1.60. The van der Waals surface area contributed by atoms with E-state index in [9.17, 15) is 9.59 Å². The lowest BCUT2D eigenvalue weighted by Gasteiger charge is -2.10. The molecule has 2 aromatic heterocycles. The van der Waals surface area contributed by atoms with Crippen molar-refractivity contribution in [1.29, 1.82) is 0 Å². The fraction of sp³-hybridized carbons (Fsp3) is 0.368. The molecule has 0 spiro atoms. The number of hydrogen-bond donors (Lipinski definition) is 0. The number of carbonyl (C=O) groups is 2. The van der Waals surface area contributed by atoms with Crippen LogP contribution >= 0.6 is 11.3 Å². The molecule has 0 fully saturated rings. The summed E-state index contributed by atoms with van der Waals surface area (Å²) in [7, 11) is 4.77. The molecule has 0 bridgehead atoms. The van der Waals surface area contributed by atoms with Gasteiger partial charge in [-0.25, -0.2) is 0 Å². The molecule has 2 heterocycles. The molecule has 1 aromatic carbocycles. The third kappa shape index (κ3) is 3.88. The van der Waals surface area contributed by atoms with Gasteiger partial charge in [0, 0.05) is 12.6 Å². The average Bonchev–Trinajstić information content (AvgIpc) is 3.21. The third-order valence-electron chi connectivity index (χ3n) is 4.31. The third-order valence-corrected chi connectivity index (χ3v) is 5.40. The molecule has 0 aliphatic heterocycles. The number of aromatic nitrogens is 3. The molecule has 0 saturated heterocycles. The van der Waals surface area contributed by atoms with Gasteiger partial charge in [-0.2, -0.15) is 10.1 Å². The first-order valence-corrected chi connectivity index (χ1v) is 9.70. The minimum Gasteiger partial charge on any atom is -0.495 e. The normalized spacial score (nSPS) is 11.7. The van der Waals surface area contributed by atoms with Crippen LogP contribution in [0.5, 0.6) is 11.5 Å². The van der Waals surface area contributed by atoms with Crippen LogP contribution < -0.4 is 14.3 Å². The summed E-state index contributed by atoms with van der Waals surface area (Å²) in [4.78, 5) is 29.7. The first-order chi connectivity index (χ1) is 13.9. The van der Waals surface area contributed by atoms with Gasteiger partial charge in [0.25, 0.3) is 5.91 Å². The first kappa shape index (κ1) is 20.6. The van der Waals surface area contributed by atoms with Gasteiger partial charge in [0.2, 0.25) is 0 Å². The van der Waals surface area contributed by atoms with Crippen LogP contribution in [-0.2, 0) is 23.1 Å². The van der Waals surface area contributed by atoms with Crippen molar-refractivity contribution in [2.24, 2.45) is 12.0 Å². The first-order valence-electron chi connectivity index (χ1n) is 8.88. The Balaban J connectivity index is 2.27. The molecule has 3 rings (SSSR count). The van der Waals surface area contributed by atoms with Gasteiger partial charge < -0.3 is 18.8 Å². The fourth-order valence-electron chi connectivity index (χ4n) is 3.02. The van der Waals surface area contributed by atoms with E-state index in [2.05, 4.69) is 10.1 Å². The van der Waals surface area contributed by atoms with Gasteiger partial charge in [-0.05, 0) is 26.0 Å². The minimum atomic E-state index is -0.454. The zero-order chi connectivity index (χ0) is 21.1. The number of esters is 1. The molecule has 3 aromatic rings. The van der Waals surface area contributed by atoms with Crippen molar-refractivity contribution in [3.63, 3.8) is 0 Å². The minimum absolute atomic E-state index is 0.117. The monoisotopic (exact) mass is 418 g/mol. The lowest BCUT2D eigenvalue weighted by Crippen LogP contribution is -2.23. The number of amides is 1. The molecule has 0 aliphatic rings. The maximum Gasteiger partial charge on any atom is 0.326 e. The van der Waals surface area contributed by atoms with E-state index in [4.69, 9.17) is 14.2 Å². The average molecular weight is 418 g/mol. The second-order valence-electron chi connectivity index (χ2n) is 6.14. The number of benzene rings is 1. The van der Waals surface area contributed by atoms with Crippen molar-refractivity contribution in [1.82, 2.24) is 14.3 Å². The number of rotatable bonds is 6.